The fourth-order valence-electron chi connectivity index (χ4n) is 9.82. The number of para-hydroxylation sites is 2. The molecule has 6 nitrogen and oxygen atoms in total. The zero-order chi connectivity index (χ0) is 40.3. The zero-order valence-corrected chi connectivity index (χ0v) is 36.3. The number of pyridine rings is 1. The molecule has 1 atom stereocenters. The predicted octanol–water partition coefficient (Wildman–Crippen LogP) is 13.0. The summed E-state index contributed by atoms with van der Waals surface area (Å²) in [5.41, 5.74) is 12.2. The molecule has 2 aromatic heterocycles. The summed E-state index contributed by atoms with van der Waals surface area (Å²) >= 11 is 0. The molecule has 7 aromatic carbocycles. The maximum absolute atomic E-state index is 6.98. The number of hydrogen-bond acceptors (Lipinski definition) is 5. The number of fused-ring (bicyclic) bond motifs is 11. The van der Waals surface area contributed by atoms with Gasteiger partial charge < -0.3 is 23.8 Å². The van der Waals surface area contributed by atoms with Gasteiger partial charge in [-0.1, -0.05) is 123 Å². The molecular weight excluding hydrogens is 932 g/mol. The van der Waals surface area contributed by atoms with E-state index in [-0.39, 0.29) is 26.5 Å². The van der Waals surface area contributed by atoms with Crippen molar-refractivity contribution in [3.8, 4) is 39.9 Å². The Bertz CT molecular complexity index is 3210. The third-order valence-corrected chi connectivity index (χ3v) is 12.5. The van der Waals surface area contributed by atoms with Crippen LogP contribution in [0.3, 0.4) is 0 Å². The van der Waals surface area contributed by atoms with Crippen LogP contribution in [0.4, 0.5) is 17.1 Å². The second-order valence-electron chi connectivity index (χ2n) is 16.9. The van der Waals surface area contributed by atoms with Crippen LogP contribution < -0.4 is 19.3 Å². The minimum atomic E-state index is -0.781. The van der Waals surface area contributed by atoms with Crippen molar-refractivity contribution in [2.24, 2.45) is 0 Å². The molecular formula is C54H39N4O2Pt-3. The van der Waals surface area contributed by atoms with E-state index in [1.807, 2.05) is 30.5 Å². The summed E-state index contributed by atoms with van der Waals surface area (Å²) in [5, 5.41) is 2.22. The summed E-state index contributed by atoms with van der Waals surface area (Å²) in [6.45, 7) is 8.99. The van der Waals surface area contributed by atoms with Gasteiger partial charge in [0.25, 0.3) is 0 Å². The fourth-order valence-corrected chi connectivity index (χ4v) is 9.82. The second kappa shape index (κ2) is 13.7. The number of hydrogen-bond donors (Lipinski definition) is 0. The average molecular weight is 971 g/mol. The normalized spacial score (nSPS) is 15.8. The molecule has 5 heterocycles. The van der Waals surface area contributed by atoms with Crippen molar-refractivity contribution >= 4 is 38.9 Å². The maximum Gasteiger partial charge on any atom is 0.135 e. The quantitative estimate of drug-likeness (QED) is 0.164. The first-order valence-electron chi connectivity index (χ1n) is 20.4. The van der Waals surface area contributed by atoms with Crippen molar-refractivity contribution in [3.05, 3.63) is 204 Å². The molecule has 3 aliphatic heterocycles. The first-order chi connectivity index (χ1) is 29.3. The summed E-state index contributed by atoms with van der Waals surface area (Å²) in [5.74, 6) is 3.70. The molecule has 0 radical (unpaired) electrons. The van der Waals surface area contributed by atoms with Gasteiger partial charge in [0.15, 0.2) is 0 Å². The molecule has 1 unspecified atom stereocenters. The van der Waals surface area contributed by atoms with E-state index >= 15 is 0 Å². The van der Waals surface area contributed by atoms with E-state index in [4.69, 9.17) is 14.5 Å². The van der Waals surface area contributed by atoms with E-state index < -0.39 is 5.41 Å². The minimum Gasteiger partial charge on any atom is -0.509 e. The molecule has 3 aliphatic rings. The van der Waals surface area contributed by atoms with E-state index in [1.54, 1.807) is 0 Å². The summed E-state index contributed by atoms with van der Waals surface area (Å²) < 4.78 is 15.9. The topological polar surface area (TPSA) is 42.8 Å². The molecule has 0 fully saturated rings. The summed E-state index contributed by atoms with van der Waals surface area (Å²) in [6, 6.07) is 60.9. The monoisotopic (exact) mass is 970 g/mol. The van der Waals surface area contributed by atoms with Crippen LogP contribution in [0.15, 0.2) is 158 Å². The fraction of sp³-hybridized carbons (Fsp3) is 0.111. The number of aromatic nitrogens is 2. The molecule has 0 saturated heterocycles. The van der Waals surface area contributed by atoms with Gasteiger partial charge in [0, 0.05) is 72.2 Å². The third kappa shape index (κ3) is 5.41. The van der Waals surface area contributed by atoms with E-state index in [0.29, 0.717) is 11.5 Å². The van der Waals surface area contributed by atoms with E-state index in [2.05, 4.69) is 188 Å². The molecule has 0 N–H and O–H groups in total. The first kappa shape index (κ1) is 37.4. The number of anilines is 3. The van der Waals surface area contributed by atoms with Crippen molar-refractivity contribution in [2.75, 3.05) is 16.8 Å². The van der Waals surface area contributed by atoms with Crippen LogP contribution >= 0.6 is 0 Å². The van der Waals surface area contributed by atoms with E-state index in [1.165, 1.54) is 11.1 Å². The van der Waals surface area contributed by atoms with E-state index in [0.717, 1.165) is 84.0 Å². The Kier molecular flexibility index (Phi) is 8.40. The molecule has 0 aliphatic carbocycles. The molecule has 0 saturated carbocycles. The Balaban J connectivity index is 0.00000420. The van der Waals surface area contributed by atoms with Crippen molar-refractivity contribution in [1.29, 1.82) is 0 Å². The van der Waals surface area contributed by atoms with Gasteiger partial charge in [-0.2, -0.15) is 18.8 Å². The maximum atomic E-state index is 6.98. The van der Waals surface area contributed by atoms with Crippen LogP contribution in [0.1, 0.15) is 48.6 Å². The predicted molar refractivity (Wildman–Crippen MR) is 240 cm³/mol. The van der Waals surface area contributed by atoms with Gasteiger partial charge in [-0.3, -0.25) is 0 Å². The van der Waals surface area contributed by atoms with Crippen LogP contribution in [-0.4, -0.2) is 16.6 Å². The van der Waals surface area contributed by atoms with Crippen LogP contribution in [0.25, 0.3) is 38.8 Å². The molecule has 1 spiro atoms. The van der Waals surface area contributed by atoms with Crippen molar-refractivity contribution in [3.63, 3.8) is 0 Å². The average Bonchev–Trinajstić information content (AvgIpc) is 3.79. The van der Waals surface area contributed by atoms with Crippen LogP contribution in [-0.2, 0) is 31.9 Å². The number of ether oxygens (including phenoxy) is 2. The number of rotatable bonds is 4. The first-order valence-corrected chi connectivity index (χ1v) is 20.4. The molecule has 0 bridgehead atoms. The zero-order valence-electron chi connectivity index (χ0n) is 34.0. The standard InChI is InChI=1S/C54H39N4O2.Pt/c1-53(2,3)35-23-28-48-43(30-35)54(51-38(17-12-21-49(51)60-48)34-14-6-5-7-15-34)41-27-25-37(32-47(41)57-33-56(4)45-20-13-18-42(54)52(45)57)59-36-24-26-40-39-16-8-9-19-44(39)58(46(40)31-36)50-22-10-11-29-55-50;/h5-30,33H,1-4H3;/q-3;. The molecule has 12 rings (SSSR count). The van der Waals surface area contributed by atoms with Crippen molar-refractivity contribution in [1.82, 2.24) is 9.55 Å². The smallest absolute Gasteiger partial charge is 0.135 e. The summed E-state index contributed by atoms with van der Waals surface area (Å²) in [6.07, 6.45) is 1.82. The molecule has 0 amide bonds. The molecule has 7 heteroatoms. The molecule has 9 aromatic rings. The summed E-state index contributed by atoms with van der Waals surface area (Å²) in [7, 11) is 2.12. The van der Waals surface area contributed by atoms with Crippen molar-refractivity contribution in [2.45, 2.75) is 31.6 Å². The van der Waals surface area contributed by atoms with Crippen molar-refractivity contribution < 1.29 is 30.5 Å². The van der Waals surface area contributed by atoms with Gasteiger partial charge in [0.1, 0.15) is 17.3 Å². The van der Waals surface area contributed by atoms with Gasteiger partial charge in [0.05, 0.1) is 0 Å². The van der Waals surface area contributed by atoms with Gasteiger partial charge in [0.2, 0.25) is 0 Å². The van der Waals surface area contributed by atoms with Crippen LogP contribution in [0.5, 0.6) is 23.0 Å². The van der Waals surface area contributed by atoms with Gasteiger partial charge in [-0.05, 0) is 76.5 Å². The number of benzene rings is 7. The minimum absolute atomic E-state index is 0. The third-order valence-electron chi connectivity index (χ3n) is 12.5. The Morgan fingerprint density at radius 1 is 0.689 bits per heavy atom. The number of nitrogens with zero attached hydrogens (tertiary/aromatic N) is 4. The van der Waals surface area contributed by atoms with Crippen LogP contribution in [0, 0.1) is 18.8 Å². The second-order valence-corrected chi connectivity index (χ2v) is 16.9. The molecule has 300 valence electrons. The SMILES string of the molecule is CN1[CH-]N2c3[c-]c(Oc4[c-]c5c(cc4)c4ccccc4n5-c4ccccn4)ccc3C3(c4cc(C(C)(C)C)ccc4Oc4cccc(-c5ccccc5)c43)c3cccc1c32.[Pt]. The van der Waals surface area contributed by atoms with Gasteiger partial charge in [-0.15, -0.1) is 35.2 Å². The Morgan fingerprint density at radius 3 is 2.31 bits per heavy atom. The Labute approximate surface area is 369 Å². The Hall–Kier alpha value is -6.62. The largest absolute Gasteiger partial charge is 0.509 e. The molecule has 61 heavy (non-hydrogen) atoms. The summed E-state index contributed by atoms with van der Waals surface area (Å²) in [4.78, 5) is 9.22. The Morgan fingerprint density at radius 2 is 1.48 bits per heavy atom. The van der Waals surface area contributed by atoms with E-state index in [9.17, 15) is 0 Å². The van der Waals surface area contributed by atoms with Crippen LogP contribution in [0.2, 0.25) is 0 Å². The van der Waals surface area contributed by atoms with Gasteiger partial charge in [-0.25, -0.2) is 4.98 Å². The van der Waals surface area contributed by atoms with Gasteiger partial charge >= 0.3 is 0 Å².